The van der Waals surface area contributed by atoms with Crippen molar-refractivity contribution in [1.29, 1.82) is 0 Å². The number of hydrogen-bond acceptors (Lipinski definition) is 4. The van der Waals surface area contributed by atoms with Crippen molar-refractivity contribution >= 4 is 17.4 Å². The molecule has 0 unspecified atom stereocenters. The zero-order valence-electron chi connectivity index (χ0n) is 9.78. The maximum Gasteiger partial charge on any atom is 0.0401 e. The van der Waals surface area contributed by atoms with Crippen LogP contribution in [0.4, 0.5) is 5.69 Å². The van der Waals surface area contributed by atoms with E-state index in [1.807, 2.05) is 18.5 Å². The molecule has 3 nitrogen and oxygen atoms in total. The molecule has 1 aromatic rings. The molecule has 1 aromatic heterocycles. The second-order valence-electron chi connectivity index (χ2n) is 4.07. The van der Waals surface area contributed by atoms with Crippen LogP contribution >= 0.6 is 11.8 Å². The minimum Gasteiger partial charge on any atom is -0.383 e. The number of rotatable bonds is 4. The third kappa shape index (κ3) is 3.39. The van der Waals surface area contributed by atoms with Gasteiger partial charge in [0.2, 0.25) is 0 Å². The molecule has 0 saturated carbocycles. The van der Waals surface area contributed by atoms with Crippen LogP contribution in [0.15, 0.2) is 18.5 Å². The Morgan fingerprint density at radius 3 is 3.00 bits per heavy atom. The molecule has 1 aliphatic rings. The largest absolute Gasteiger partial charge is 0.383 e. The van der Waals surface area contributed by atoms with E-state index in [4.69, 9.17) is 0 Å². The number of pyridine rings is 1. The molecule has 0 aliphatic carbocycles. The van der Waals surface area contributed by atoms with Gasteiger partial charge in [0.05, 0.1) is 0 Å². The van der Waals surface area contributed by atoms with Crippen LogP contribution in [0.2, 0.25) is 0 Å². The predicted octanol–water partition coefficient (Wildman–Crippen LogP) is 1.85. The van der Waals surface area contributed by atoms with Crippen LogP contribution < -0.4 is 5.32 Å². The second kappa shape index (κ2) is 6.11. The zero-order chi connectivity index (χ0) is 11.2. The fraction of sp³-hybridized carbons (Fsp3) is 0.583. The minimum atomic E-state index is 1.02. The maximum atomic E-state index is 4.09. The van der Waals surface area contributed by atoms with E-state index in [2.05, 4.69) is 33.9 Å². The summed E-state index contributed by atoms with van der Waals surface area (Å²) in [7, 11) is 0. The molecule has 0 radical (unpaired) electrons. The van der Waals surface area contributed by atoms with Gasteiger partial charge in [-0.25, -0.2) is 0 Å². The van der Waals surface area contributed by atoms with Crippen molar-refractivity contribution in [2.24, 2.45) is 0 Å². The Morgan fingerprint density at radius 2 is 2.25 bits per heavy atom. The smallest absolute Gasteiger partial charge is 0.0401 e. The normalized spacial score (nSPS) is 17.3. The number of nitrogens with zero attached hydrogens (tertiary/aromatic N) is 2. The van der Waals surface area contributed by atoms with Crippen molar-refractivity contribution in [2.45, 2.75) is 6.92 Å². The van der Waals surface area contributed by atoms with Crippen LogP contribution in [0.25, 0.3) is 0 Å². The molecule has 1 fully saturated rings. The van der Waals surface area contributed by atoms with Gasteiger partial charge in [0.25, 0.3) is 0 Å². The lowest BCUT2D eigenvalue weighted by molar-refractivity contribution is 0.314. The molecule has 4 heteroatoms. The van der Waals surface area contributed by atoms with Crippen molar-refractivity contribution in [2.75, 3.05) is 43.0 Å². The summed E-state index contributed by atoms with van der Waals surface area (Å²) >= 11 is 2.06. The van der Waals surface area contributed by atoms with Gasteiger partial charge in [-0.15, -0.1) is 0 Å². The molecule has 1 N–H and O–H groups in total. The fourth-order valence-corrected chi connectivity index (χ4v) is 2.82. The van der Waals surface area contributed by atoms with E-state index >= 15 is 0 Å². The van der Waals surface area contributed by atoms with Crippen molar-refractivity contribution in [3.63, 3.8) is 0 Å². The number of aryl methyl sites for hydroxylation is 1. The van der Waals surface area contributed by atoms with Gasteiger partial charge in [-0.3, -0.25) is 9.88 Å². The van der Waals surface area contributed by atoms with E-state index in [0.29, 0.717) is 0 Å². The third-order valence-electron chi connectivity index (χ3n) is 2.87. The summed E-state index contributed by atoms with van der Waals surface area (Å²) in [5.74, 6) is 2.57. The SMILES string of the molecule is Cc1cnccc1NCCN1CCSCC1. The number of thioether (sulfide) groups is 1. The Bertz CT molecular complexity index is 324. The summed E-state index contributed by atoms with van der Waals surface area (Å²) < 4.78 is 0. The average molecular weight is 237 g/mol. The molecular weight excluding hydrogens is 218 g/mol. The van der Waals surface area contributed by atoms with Gasteiger partial charge in [-0.05, 0) is 18.6 Å². The van der Waals surface area contributed by atoms with Crippen LogP contribution in [0.1, 0.15) is 5.56 Å². The molecule has 0 amide bonds. The quantitative estimate of drug-likeness (QED) is 0.865. The van der Waals surface area contributed by atoms with Crippen LogP contribution in [0.5, 0.6) is 0 Å². The van der Waals surface area contributed by atoms with E-state index in [9.17, 15) is 0 Å². The standard InChI is InChI=1S/C12H19N3S/c1-11-10-13-3-2-12(11)14-4-5-15-6-8-16-9-7-15/h2-3,10H,4-9H2,1H3,(H,13,14). The maximum absolute atomic E-state index is 4.09. The summed E-state index contributed by atoms with van der Waals surface area (Å²) in [6.07, 6.45) is 3.74. The van der Waals surface area contributed by atoms with Crippen molar-refractivity contribution in [1.82, 2.24) is 9.88 Å². The molecule has 0 atom stereocenters. The minimum absolute atomic E-state index is 1.02. The van der Waals surface area contributed by atoms with E-state index in [-0.39, 0.29) is 0 Å². The second-order valence-corrected chi connectivity index (χ2v) is 5.30. The molecule has 1 saturated heterocycles. The molecule has 2 heterocycles. The first-order valence-corrected chi connectivity index (χ1v) is 6.96. The molecule has 0 bridgehead atoms. The Labute approximate surface area is 102 Å². The van der Waals surface area contributed by atoms with Crippen molar-refractivity contribution in [3.8, 4) is 0 Å². The molecule has 16 heavy (non-hydrogen) atoms. The number of anilines is 1. The zero-order valence-corrected chi connectivity index (χ0v) is 10.6. The molecular formula is C12H19N3S. The summed E-state index contributed by atoms with van der Waals surface area (Å²) in [6, 6.07) is 2.04. The van der Waals surface area contributed by atoms with Crippen LogP contribution in [-0.4, -0.2) is 47.6 Å². The topological polar surface area (TPSA) is 28.2 Å². The molecule has 0 aromatic carbocycles. The van der Waals surface area contributed by atoms with Gasteiger partial charge >= 0.3 is 0 Å². The summed E-state index contributed by atoms with van der Waals surface area (Å²) in [5.41, 5.74) is 2.43. The summed E-state index contributed by atoms with van der Waals surface area (Å²) in [6.45, 7) is 6.73. The Hall–Kier alpha value is -0.740. The lowest BCUT2D eigenvalue weighted by Gasteiger charge is -2.26. The lowest BCUT2D eigenvalue weighted by atomic mass is 10.2. The number of aromatic nitrogens is 1. The van der Waals surface area contributed by atoms with E-state index in [1.165, 1.54) is 35.8 Å². The van der Waals surface area contributed by atoms with Crippen LogP contribution in [0, 0.1) is 6.92 Å². The third-order valence-corrected chi connectivity index (χ3v) is 3.81. The first-order chi connectivity index (χ1) is 7.86. The first kappa shape index (κ1) is 11.7. The molecule has 1 aliphatic heterocycles. The molecule has 2 rings (SSSR count). The average Bonchev–Trinajstić information content (AvgIpc) is 2.33. The highest BCUT2D eigenvalue weighted by Crippen LogP contribution is 2.12. The highest BCUT2D eigenvalue weighted by molar-refractivity contribution is 7.99. The summed E-state index contributed by atoms with van der Waals surface area (Å²) in [5, 5.41) is 3.47. The highest BCUT2D eigenvalue weighted by Gasteiger charge is 2.09. The lowest BCUT2D eigenvalue weighted by Crippen LogP contribution is -2.36. The highest BCUT2D eigenvalue weighted by atomic mass is 32.2. The molecule has 88 valence electrons. The van der Waals surface area contributed by atoms with E-state index in [1.54, 1.807) is 0 Å². The van der Waals surface area contributed by atoms with Gasteiger partial charge in [0.15, 0.2) is 0 Å². The Morgan fingerprint density at radius 1 is 1.44 bits per heavy atom. The van der Waals surface area contributed by atoms with Gasteiger partial charge in [-0.1, -0.05) is 0 Å². The number of nitrogens with one attached hydrogen (secondary N) is 1. The first-order valence-electron chi connectivity index (χ1n) is 5.81. The fourth-order valence-electron chi connectivity index (χ4n) is 1.85. The Kier molecular flexibility index (Phi) is 4.48. The van der Waals surface area contributed by atoms with Crippen LogP contribution in [0.3, 0.4) is 0 Å². The monoisotopic (exact) mass is 237 g/mol. The van der Waals surface area contributed by atoms with Crippen LogP contribution in [-0.2, 0) is 0 Å². The van der Waals surface area contributed by atoms with Gasteiger partial charge in [-0.2, -0.15) is 11.8 Å². The molecule has 0 spiro atoms. The van der Waals surface area contributed by atoms with Crippen molar-refractivity contribution < 1.29 is 0 Å². The van der Waals surface area contributed by atoms with E-state index in [0.717, 1.165) is 13.1 Å². The number of hydrogen-bond donors (Lipinski definition) is 1. The van der Waals surface area contributed by atoms with Gasteiger partial charge in [0.1, 0.15) is 0 Å². The van der Waals surface area contributed by atoms with Gasteiger partial charge in [0, 0.05) is 55.8 Å². The summed E-state index contributed by atoms with van der Waals surface area (Å²) in [4.78, 5) is 6.62. The predicted molar refractivity (Wildman–Crippen MR) is 71.2 cm³/mol. The van der Waals surface area contributed by atoms with Gasteiger partial charge < -0.3 is 5.32 Å². The van der Waals surface area contributed by atoms with Crippen molar-refractivity contribution in [3.05, 3.63) is 24.0 Å². The van der Waals surface area contributed by atoms with E-state index < -0.39 is 0 Å². The Balaban J connectivity index is 1.73.